The van der Waals surface area contributed by atoms with Gasteiger partial charge < -0.3 is 20.1 Å². The van der Waals surface area contributed by atoms with Crippen LogP contribution in [0.5, 0.6) is 5.75 Å². The highest BCUT2D eigenvalue weighted by Crippen LogP contribution is 2.14. The zero-order valence-corrected chi connectivity index (χ0v) is 11.4. The summed E-state index contributed by atoms with van der Waals surface area (Å²) in [4.78, 5) is 2.35. The molecule has 0 fully saturated rings. The molecule has 0 saturated heterocycles. The van der Waals surface area contributed by atoms with Crippen molar-refractivity contribution in [1.82, 2.24) is 4.90 Å². The summed E-state index contributed by atoms with van der Waals surface area (Å²) in [5.41, 5.74) is 6.42. The van der Waals surface area contributed by atoms with Gasteiger partial charge in [0.2, 0.25) is 0 Å². The zero-order chi connectivity index (χ0) is 13.2. The van der Waals surface area contributed by atoms with Crippen LogP contribution in [0.2, 0.25) is 0 Å². The van der Waals surface area contributed by atoms with Gasteiger partial charge in [-0.15, -0.1) is 0 Å². The fourth-order valence-corrected chi connectivity index (χ4v) is 1.73. The van der Waals surface area contributed by atoms with Gasteiger partial charge in [-0.25, -0.2) is 0 Å². The Kier molecular flexibility index (Phi) is 7.22. The van der Waals surface area contributed by atoms with E-state index in [4.69, 9.17) is 15.2 Å². The molecule has 0 bridgehead atoms. The largest absolute Gasteiger partial charge is 0.493 e. The molecule has 0 atom stereocenters. The minimum atomic E-state index is 0.715. The number of hydrogen-bond donors (Lipinski definition) is 1. The predicted octanol–water partition coefficient (Wildman–Crippen LogP) is 2.01. The van der Waals surface area contributed by atoms with Crippen LogP contribution in [0.3, 0.4) is 0 Å². The van der Waals surface area contributed by atoms with Gasteiger partial charge in [0.15, 0.2) is 0 Å². The monoisotopic (exact) mass is 252 g/mol. The van der Waals surface area contributed by atoms with Gasteiger partial charge in [0.25, 0.3) is 0 Å². The van der Waals surface area contributed by atoms with Gasteiger partial charge in [-0.2, -0.15) is 0 Å². The van der Waals surface area contributed by atoms with Crippen LogP contribution in [0, 0.1) is 0 Å². The summed E-state index contributed by atoms with van der Waals surface area (Å²) in [5, 5.41) is 0. The van der Waals surface area contributed by atoms with E-state index in [1.807, 2.05) is 24.3 Å². The van der Waals surface area contributed by atoms with Crippen LogP contribution in [0.4, 0.5) is 5.69 Å². The number of nitrogens with zero attached hydrogens (tertiary/aromatic N) is 1. The molecule has 4 heteroatoms. The van der Waals surface area contributed by atoms with Crippen molar-refractivity contribution in [3.8, 4) is 5.75 Å². The normalized spacial score (nSPS) is 10.8. The molecule has 0 aliphatic carbocycles. The third-order valence-electron chi connectivity index (χ3n) is 2.80. The van der Waals surface area contributed by atoms with Crippen molar-refractivity contribution < 1.29 is 9.47 Å². The second-order valence-electron chi connectivity index (χ2n) is 4.20. The van der Waals surface area contributed by atoms with Crippen LogP contribution in [-0.2, 0) is 4.74 Å². The first kappa shape index (κ1) is 14.8. The van der Waals surface area contributed by atoms with Gasteiger partial charge in [0.05, 0.1) is 13.2 Å². The van der Waals surface area contributed by atoms with Crippen LogP contribution >= 0.6 is 0 Å². The first-order chi connectivity index (χ1) is 8.76. The number of anilines is 1. The molecule has 0 radical (unpaired) electrons. The topological polar surface area (TPSA) is 47.7 Å². The average molecular weight is 252 g/mol. The summed E-state index contributed by atoms with van der Waals surface area (Å²) >= 11 is 0. The molecule has 4 nitrogen and oxygen atoms in total. The first-order valence-electron chi connectivity index (χ1n) is 6.46. The summed E-state index contributed by atoms with van der Waals surface area (Å²) < 4.78 is 10.7. The molecule has 1 aromatic rings. The number of nitrogens with two attached hydrogens (primary N) is 1. The van der Waals surface area contributed by atoms with Gasteiger partial charge in [0, 0.05) is 32.0 Å². The van der Waals surface area contributed by atoms with E-state index in [1.54, 1.807) is 7.11 Å². The van der Waals surface area contributed by atoms with E-state index >= 15 is 0 Å². The van der Waals surface area contributed by atoms with Crippen LogP contribution in [-0.4, -0.2) is 44.9 Å². The predicted molar refractivity (Wildman–Crippen MR) is 75.0 cm³/mol. The van der Waals surface area contributed by atoms with Gasteiger partial charge in [0.1, 0.15) is 5.75 Å². The Morgan fingerprint density at radius 2 is 2.06 bits per heavy atom. The average Bonchev–Trinajstić information content (AvgIpc) is 2.38. The smallest absolute Gasteiger partial charge is 0.121 e. The molecule has 102 valence electrons. The fraction of sp³-hybridized carbons (Fsp3) is 0.571. The van der Waals surface area contributed by atoms with Crippen molar-refractivity contribution in [2.45, 2.75) is 13.3 Å². The molecular formula is C14H24N2O2. The van der Waals surface area contributed by atoms with Crippen LogP contribution < -0.4 is 10.5 Å². The summed E-state index contributed by atoms with van der Waals surface area (Å²) in [5.74, 6) is 0.843. The number of hydrogen-bond acceptors (Lipinski definition) is 4. The van der Waals surface area contributed by atoms with Crippen LogP contribution in [0.25, 0.3) is 0 Å². The quantitative estimate of drug-likeness (QED) is 0.539. The summed E-state index contributed by atoms with van der Waals surface area (Å²) in [6, 6.07) is 7.54. The summed E-state index contributed by atoms with van der Waals surface area (Å²) in [6.45, 7) is 6.71. The van der Waals surface area contributed by atoms with Crippen molar-refractivity contribution in [1.29, 1.82) is 0 Å². The van der Waals surface area contributed by atoms with Crippen LogP contribution in [0.15, 0.2) is 24.3 Å². The fourth-order valence-electron chi connectivity index (χ4n) is 1.73. The van der Waals surface area contributed by atoms with E-state index in [-0.39, 0.29) is 0 Å². The molecular weight excluding hydrogens is 228 g/mol. The first-order valence-corrected chi connectivity index (χ1v) is 6.46. The summed E-state index contributed by atoms with van der Waals surface area (Å²) in [6.07, 6.45) is 1.01. The Balaban J connectivity index is 2.17. The molecule has 0 amide bonds. The lowest BCUT2D eigenvalue weighted by Crippen LogP contribution is -2.29. The van der Waals surface area contributed by atoms with Crippen molar-refractivity contribution >= 4 is 5.69 Å². The zero-order valence-electron chi connectivity index (χ0n) is 11.4. The van der Waals surface area contributed by atoms with Crippen LogP contribution in [0.1, 0.15) is 13.3 Å². The number of ether oxygens (including phenoxy) is 2. The molecule has 0 heterocycles. The lowest BCUT2D eigenvalue weighted by atomic mass is 10.3. The highest BCUT2D eigenvalue weighted by molar-refractivity contribution is 5.43. The van der Waals surface area contributed by atoms with E-state index in [1.165, 1.54) is 0 Å². The second kappa shape index (κ2) is 8.78. The van der Waals surface area contributed by atoms with Crippen molar-refractivity contribution in [2.24, 2.45) is 0 Å². The number of nitrogen functional groups attached to an aromatic ring is 1. The number of rotatable bonds is 9. The molecule has 0 spiro atoms. The maximum Gasteiger partial charge on any atom is 0.121 e. The Labute approximate surface area is 110 Å². The van der Waals surface area contributed by atoms with Gasteiger partial charge in [-0.05, 0) is 25.1 Å². The van der Waals surface area contributed by atoms with Crippen molar-refractivity contribution in [2.75, 3.05) is 45.7 Å². The van der Waals surface area contributed by atoms with E-state index in [2.05, 4.69) is 11.8 Å². The molecule has 1 aromatic carbocycles. The van der Waals surface area contributed by atoms with E-state index in [9.17, 15) is 0 Å². The summed E-state index contributed by atoms with van der Waals surface area (Å²) in [7, 11) is 1.73. The highest BCUT2D eigenvalue weighted by Gasteiger charge is 2.01. The molecule has 0 aliphatic heterocycles. The Morgan fingerprint density at radius 1 is 1.22 bits per heavy atom. The third-order valence-corrected chi connectivity index (χ3v) is 2.80. The van der Waals surface area contributed by atoms with Crippen molar-refractivity contribution in [3.63, 3.8) is 0 Å². The number of benzene rings is 1. The van der Waals surface area contributed by atoms with Gasteiger partial charge >= 0.3 is 0 Å². The van der Waals surface area contributed by atoms with Crippen molar-refractivity contribution in [3.05, 3.63) is 24.3 Å². The molecule has 18 heavy (non-hydrogen) atoms. The highest BCUT2D eigenvalue weighted by atomic mass is 16.5. The Morgan fingerprint density at radius 3 is 2.72 bits per heavy atom. The van der Waals surface area contributed by atoms with E-state index < -0.39 is 0 Å². The maximum atomic E-state index is 5.69. The number of methoxy groups -OCH3 is 1. The lowest BCUT2D eigenvalue weighted by molar-refractivity contribution is 0.146. The minimum absolute atomic E-state index is 0.715. The molecule has 1 rings (SSSR count). The van der Waals surface area contributed by atoms with E-state index in [0.717, 1.165) is 44.1 Å². The molecule has 0 aromatic heterocycles. The van der Waals surface area contributed by atoms with Gasteiger partial charge in [-0.1, -0.05) is 13.0 Å². The second-order valence-corrected chi connectivity index (χ2v) is 4.20. The molecule has 0 aliphatic rings. The van der Waals surface area contributed by atoms with Gasteiger partial charge in [-0.3, -0.25) is 0 Å². The molecule has 2 N–H and O–H groups in total. The molecule has 0 saturated carbocycles. The Bertz CT molecular complexity index is 331. The van der Waals surface area contributed by atoms with E-state index in [0.29, 0.717) is 6.61 Å². The maximum absolute atomic E-state index is 5.69. The standard InChI is InChI=1S/C14H24N2O2/c1-3-16(9-11-17-2)8-5-10-18-14-7-4-6-13(15)12-14/h4,6-7,12H,3,5,8-11,15H2,1-2H3. The molecule has 0 unspecified atom stereocenters. The number of likely N-dealkylation sites (N-methyl/N-ethyl adjacent to an activating group) is 1. The third kappa shape index (κ3) is 5.89. The Hall–Kier alpha value is -1.26. The minimum Gasteiger partial charge on any atom is -0.493 e. The lowest BCUT2D eigenvalue weighted by Gasteiger charge is -2.19. The SMILES string of the molecule is CCN(CCCOc1cccc(N)c1)CCOC.